The predicted molar refractivity (Wildman–Crippen MR) is 112 cm³/mol. The molecule has 0 N–H and O–H groups in total. The Morgan fingerprint density at radius 1 is 1.25 bits per heavy atom. The van der Waals surface area contributed by atoms with Crippen LogP contribution in [0, 0.1) is 5.92 Å². The van der Waals surface area contributed by atoms with Gasteiger partial charge in [0.2, 0.25) is 5.91 Å². The minimum atomic E-state index is -2.75. The number of halogens is 2. The molecule has 0 bridgehead atoms. The standard InChI is InChI=1S/C22H24F2N4O4/c1-13-8-26(21(30)32-10-17-6-22(17,23)24)20-5-15(3-4-19(20)28(13)14(2)29)16-7-25-27(9-16)18-11-31-12-18/h3-5,7,9,13,17-18H,6,8,10-12H2,1-2H3. The van der Waals surface area contributed by atoms with Crippen molar-refractivity contribution < 1.29 is 27.8 Å². The normalized spacial score (nSPS) is 24.0. The maximum absolute atomic E-state index is 13.2. The summed E-state index contributed by atoms with van der Waals surface area (Å²) in [5, 5.41) is 4.40. The lowest BCUT2D eigenvalue weighted by molar-refractivity contribution is -0.117. The van der Waals surface area contributed by atoms with Crippen molar-refractivity contribution in [2.24, 2.45) is 5.92 Å². The molecule has 32 heavy (non-hydrogen) atoms. The van der Waals surface area contributed by atoms with Crippen molar-refractivity contribution in [3.63, 3.8) is 0 Å². The van der Waals surface area contributed by atoms with Crippen molar-refractivity contribution in [2.75, 3.05) is 36.2 Å². The zero-order valence-corrected chi connectivity index (χ0v) is 17.8. The largest absolute Gasteiger partial charge is 0.449 e. The van der Waals surface area contributed by atoms with E-state index in [1.165, 1.54) is 11.8 Å². The lowest BCUT2D eigenvalue weighted by Crippen LogP contribution is -2.51. The fraction of sp³-hybridized carbons (Fsp3) is 0.500. The molecule has 2 unspecified atom stereocenters. The van der Waals surface area contributed by atoms with E-state index in [9.17, 15) is 18.4 Å². The lowest BCUT2D eigenvalue weighted by atomic mass is 10.0. The average Bonchev–Trinajstić information content (AvgIpc) is 3.07. The smallest absolute Gasteiger partial charge is 0.414 e. The number of alkyl halides is 2. The number of rotatable bonds is 4. The van der Waals surface area contributed by atoms with Crippen LogP contribution in [0.25, 0.3) is 11.1 Å². The van der Waals surface area contributed by atoms with E-state index >= 15 is 0 Å². The maximum Gasteiger partial charge on any atom is 0.414 e. The van der Waals surface area contributed by atoms with Crippen LogP contribution in [0.15, 0.2) is 30.6 Å². The van der Waals surface area contributed by atoms with E-state index in [0.29, 0.717) is 24.6 Å². The fourth-order valence-corrected chi connectivity index (χ4v) is 4.22. The van der Waals surface area contributed by atoms with Crippen molar-refractivity contribution >= 4 is 23.4 Å². The molecule has 2 fully saturated rings. The van der Waals surface area contributed by atoms with Crippen molar-refractivity contribution in [3.05, 3.63) is 30.6 Å². The number of aromatic nitrogens is 2. The minimum Gasteiger partial charge on any atom is -0.449 e. The number of carbonyl (C=O) groups excluding carboxylic acids is 2. The summed E-state index contributed by atoms with van der Waals surface area (Å²) in [5.74, 6) is -3.82. The number of hydrogen-bond acceptors (Lipinski definition) is 5. The van der Waals surface area contributed by atoms with Crippen LogP contribution >= 0.6 is 0 Å². The Balaban J connectivity index is 1.45. The highest BCUT2D eigenvalue weighted by molar-refractivity contribution is 6.03. The van der Waals surface area contributed by atoms with E-state index in [0.717, 1.165) is 11.1 Å². The number of carbonyl (C=O) groups is 2. The molecule has 3 aliphatic rings. The van der Waals surface area contributed by atoms with E-state index in [4.69, 9.17) is 9.47 Å². The highest BCUT2D eigenvalue weighted by Crippen LogP contribution is 2.48. The Bertz CT molecular complexity index is 1070. The summed E-state index contributed by atoms with van der Waals surface area (Å²) in [6, 6.07) is 5.40. The van der Waals surface area contributed by atoms with Crippen molar-refractivity contribution in [1.29, 1.82) is 0 Å². The Kier molecular flexibility index (Phi) is 4.92. The van der Waals surface area contributed by atoms with Crippen LogP contribution in [-0.4, -0.2) is 60.1 Å². The molecule has 0 spiro atoms. The van der Waals surface area contributed by atoms with Crippen molar-refractivity contribution in [2.45, 2.75) is 38.3 Å². The van der Waals surface area contributed by atoms with E-state index in [1.54, 1.807) is 17.2 Å². The molecule has 0 radical (unpaired) electrons. The van der Waals surface area contributed by atoms with Crippen LogP contribution in [0.2, 0.25) is 0 Å². The summed E-state index contributed by atoms with van der Waals surface area (Å²) < 4.78 is 38.7. The Labute approximate surface area is 183 Å². The van der Waals surface area contributed by atoms with Crippen LogP contribution in [0.5, 0.6) is 0 Å². The van der Waals surface area contributed by atoms with Gasteiger partial charge in [-0.15, -0.1) is 0 Å². The molecule has 1 aromatic heterocycles. The molecule has 5 rings (SSSR count). The van der Waals surface area contributed by atoms with Crippen LogP contribution in [0.1, 0.15) is 26.3 Å². The molecule has 2 atom stereocenters. The first-order valence-electron chi connectivity index (χ1n) is 10.6. The summed E-state index contributed by atoms with van der Waals surface area (Å²) in [5.41, 5.74) is 2.76. The van der Waals surface area contributed by atoms with Gasteiger partial charge in [0.15, 0.2) is 0 Å². The average molecular weight is 446 g/mol. The van der Waals surface area contributed by atoms with Gasteiger partial charge >= 0.3 is 6.09 Å². The van der Waals surface area contributed by atoms with E-state index in [2.05, 4.69) is 5.10 Å². The Morgan fingerprint density at radius 3 is 2.62 bits per heavy atom. The molecule has 3 heterocycles. The summed E-state index contributed by atoms with van der Waals surface area (Å²) in [4.78, 5) is 28.2. The van der Waals surface area contributed by atoms with E-state index in [1.807, 2.05) is 29.9 Å². The van der Waals surface area contributed by atoms with Gasteiger partial charge in [-0.25, -0.2) is 13.6 Å². The van der Waals surface area contributed by atoms with Crippen LogP contribution < -0.4 is 9.80 Å². The number of hydrogen-bond donors (Lipinski definition) is 0. The third kappa shape index (κ3) is 3.62. The van der Waals surface area contributed by atoms with Crippen molar-refractivity contribution in [1.82, 2.24) is 9.78 Å². The molecule has 2 aromatic rings. The highest BCUT2D eigenvalue weighted by atomic mass is 19.3. The summed E-state index contributed by atoms with van der Waals surface area (Å²) in [6.07, 6.45) is 2.71. The molecule has 1 aromatic carbocycles. The molecule has 1 saturated carbocycles. The van der Waals surface area contributed by atoms with Crippen LogP contribution in [-0.2, 0) is 14.3 Å². The van der Waals surface area contributed by atoms with Gasteiger partial charge in [0.1, 0.15) is 6.61 Å². The molecular formula is C22H24F2N4O4. The Morgan fingerprint density at radius 2 is 2.00 bits per heavy atom. The summed E-state index contributed by atoms with van der Waals surface area (Å²) >= 11 is 0. The zero-order valence-electron chi connectivity index (χ0n) is 17.8. The van der Waals surface area contributed by atoms with Crippen LogP contribution in [0.4, 0.5) is 25.0 Å². The monoisotopic (exact) mass is 446 g/mol. The van der Waals surface area contributed by atoms with Crippen LogP contribution in [0.3, 0.4) is 0 Å². The number of benzene rings is 1. The molecule has 8 nitrogen and oxygen atoms in total. The molecule has 1 aliphatic carbocycles. The van der Waals surface area contributed by atoms with Gasteiger partial charge in [-0.1, -0.05) is 6.07 Å². The topological polar surface area (TPSA) is 76.9 Å². The second-order valence-corrected chi connectivity index (χ2v) is 8.69. The van der Waals surface area contributed by atoms with Gasteiger partial charge in [-0.3, -0.25) is 14.4 Å². The molecule has 10 heteroatoms. The van der Waals surface area contributed by atoms with E-state index in [-0.39, 0.29) is 37.6 Å². The second kappa shape index (κ2) is 7.54. The second-order valence-electron chi connectivity index (χ2n) is 8.69. The number of amides is 2. The van der Waals surface area contributed by atoms with Gasteiger partial charge in [0.25, 0.3) is 5.92 Å². The van der Waals surface area contributed by atoms with Gasteiger partial charge in [0, 0.05) is 31.6 Å². The van der Waals surface area contributed by atoms with Gasteiger partial charge in [-0.05, 0) is 24.6 Å². The molecule has 1 saturated heterocycles. The van der Waals surface area contributed by atoms with Gasteiger partial charge in [0.05, 0.1) is 48.8 Å². The molecule has 2 amide bonds. The van der Waals surface area contributed by atoms with Crippen molar-refractivity contribution in [3.8, 4) is 11.1 Å². The first kappa shape index (κ1) is 20.9. The quantitative estimate of drug-likeness (QED) is 0.719. The number of anilines is 2. The summed E-state index contributed by atoms with van der Waals surface area (Å²) in [6.45, 7) is 4.43. The van der Waals surface area contributed by atoms with Gasteiger partial charge < -0.3 is 14.4 Å². The van der Waals surface area contributed by atoms with Gasteiger partial charge in [-0.2, -0.15) is 5.10 Å². The zero-order chi connectivity index (χ0) is 22.6. The number of nitrogens with zero attached hydrogens (tertiary/aromatic N) is 4. The SMILES string of the molecule is CC(=O)N1c2ccc(-c3cnn(C4COC4)c3)cc2N(C(=O)OCC2CC2(F)F)CC1C. The number of ether oxygens (including phenoxy) is 2. The number of fused-ring (bicyclic) bond motifs is 1. The predicted octanol–water partition coefficient (Wildman–Crippen LogP) is 3.47. The van der Waals surface area contributed by atoms with E-state index < -0.39 is 17.9 Å². The molecular weight excluding hydrogens is 422 g/mol. The summed E-state index contributed by atoms with van der Waals surface area (Å²) in [7, 11) is 0. The first-order chi connectivity index (χ1) is 15.2. The third-order valence-corrected chi connectivity index (χ3v) is 6.27. The highest BCUT2D eigenvalue weighted by Gasteiger charge is 2.57. The molecule has 170 valence electrons. The first-order valence-corrected chi connectivity index (χ1v) is 10.6. The fourth-order valence-electron chi connectivity index (χ4n) is 4.22. The Hall–Kier alpha value is -3.01. The third-order valence-electron chi connectivity index (χ3n) is 6.27. The lowest BCUT2D eigenvalue weighted by Gasteiger charge is -2.40. The molecule has 2 aliphatic heterocycles. The minimum absolute atomic E-state index is 0.144. The maximum atomic E-state index is 13.2.